The third-order valence-electron chi connectivity index (χ3n) is 5.58. The van der Waals surface area contributed by atoms with Crippen LogP contribution in [-0.4, -0.2) is 17.3 Å². The van der Waals surface area contributed by atoms with Gasteiger partial charge in [0.25, 0.3) is 0 Å². The van der Waals surface area contributed by atoms with Crippen LogP contribution in [0.1, 0.15) is 78.6 Å². The van der Waals surface area contributed by atoms with Crippen molar-refractivity contribution in [2.24, 2.45) is 17.3 Å². The Morgan fingerprint density at radius 2 is 1.57 bits per heavy atom. The van der Waals surface area contributed by atoms with Crippen molar-refractivity contribution in [1.82, 2.24) is 5.32 Å². The van der Waals surface area contributed by atoms with Crippen LogP contribution in [0, 0.1) is 17.3 Å². The Hall–Kier alpha value is -0.240. The van der Waals surface area contributed by atoms with Gasteiger partial charge in [-0.3, -0.25) is 4.79 Å². The first-order valence-electron chi connectivity index (χ1n) is 8.82. The molecule has 0 spiro atoms. The number of halogens is 1. The highest BCUT2D eigenvalue weighted by atomic mass is 35.5. The van der Waals surface area contributed by atoms with Gasteiger partial charge in [0.05, 0.1) is 5.38 Å². The van der Waals surface area contributed by atoms with Crippen molar-refractivity contribution in [3.05, 3.63) is 0 Å². The van der Waals surface area contributed by atoms with Crippen molar-refractivity contribution in [3.8, 4) is 0 Å². The number of amides is 1. The number of hydrogen-bond donors (Lipinski definition) is 1. The number of hydrogen-bond acceptors (Lipinski definition) is 1. The first kappa shape index (κ1) is 17.1. The van der Waals surface area contributed by atoms with Gasteiger partial charge in [-0.15, -0.1) is 11.6 Å². The molecule has 2 unspecified atom stereocenters. The predicted octanol–water partition coefficient (Wildman–Crippen LogP) is 4.90. The highest BCUT2D eigenvalue weighted by molar-refractivity contribution is 6.21. The molecule has 0 aliphatic heterocycles. The highest BCUT2D eigenvalue weighted by Crippen LogP contribution is 2.40. The fourth-order valence-electron chi connectivity index (χ4n) is 3.95. The molecule has 0 aromatic rings. The molecule has 2 atom stereocenters. The summed E-state index contributed by atoms with van der Waals surface area (Å²) in [6.45, 7) is 6.96. The summed E-state index contributed by atoms with van der Waals surface area (Å²) >= 11 is 6.44. The Morgan fingerprint density at radius 3 is 2.19 bits per heavy atom. The third-order valence-corrected chi connectivity index (χ3v) is 6.10. The van der Waals surface area contributed by atoms with E-state index in [9.17, 15) is 4.79 Å². The Morgan fingerprint density at radius 1 is 0.952 bits per heavy atom. The van der Waals surface area contributed by atoms with E-state index in [0.717, 1.165) is 31.6 Å². The minimum absolute atomic E-state index is 0.127. The maximum atomic E-state index is 12.5. The normalized spacial score (nSPS) is 35.0. The van der Waals surface area contributed by atoms with E-state index in [1.54, 1.807) is 0 Å². The van der Waals surface area contributed by atoms with Crippen LogP contribution in [-0.2, 0) is 4.79 Å². The van der Waals surface area contributed by atoms with Gasteiger partial charge in [0.1, 0.15) is 0 Å². The van der Waals surface area contributed by atoms with Crippen molar-refractivity contribution < 1.29 is 4.79 Å². The second kappa shape index (κ2) is 7.35. The molecule has 0 saturated heterocycles. The molecule has 2 rings (SSSR count). The largest absolute Gasteiger partial charge is 0.352 e. The van der Waals surface area contributed by atoms with E-state index in [1.807, 2.05) is 0 Å². The second-order valence-corrected chi connectivity index (χ2v) is 8.74. The van der Waals surface area contributed by atoms with Crippen LogP contribution in [0.4, 0.5) is 0 Å². The lowest BCUT2D eigenvalue weighted by Gasteiger charge is -2.37. The van der Waals surface area contributed by atoms with Crippen molar-refractivity contribution >= 4 is 17.5 Å². The zero-order valence-corrected chi connectivity index (χ0v) is 14.7. The summed E-state index contributed by atoms with van der Waals surface area (Å²) in [6, 6.07) is 0.196. The Kier molecular flexibility index (Phi) is 5.99. The van der Waals surface area contributed by atoms with Gasteiger partial charge in [-0.05, 0) is 49.9 Å². The summed E-state index contributed by atoms with van der Waals surface area (Å²) in [7, 11) is 0. The second-order valence-electron chi connectivity index (χ2n) is 8.18. The maximum Gasteiger partial charge on any atom is 0.223 e. The van der Waals surface area contributed by atoms with Crippen LogP contribution in [0.3, 0.4) is 0 Å². The van der Waals surface area contributed by atoms with Gasteiger partial charge in [0.2, 0.25) is 5.91 Å². The number of carbonyl (C=O) groups excluding carboxylic acids is 1. The van der Waals surface area contributed by atoms with E-state index in [2.05, 4.69) is 26.1 Å². The summed E-state index contributed by atoms with van der Waals surface area (Å²) in [5.74, 6) is 1.25. The van der Waals surface area contributed by atoms with E-state index in [0.29, 0.717) is 5.41 Å². The quantitative estimate of drug-likeness (QED) is 0.570. The Labute approximate surface area is 135 Å². The summed E-state index contributed by atoms with van der Waals surface area (Å²) in [5.41, 5.74) is 0.379. The summed E-state index contributed by atoms with van der Waals surface area (Å²) in [4.78, 5) is 12.5. The standard InChI is InChI=1S/C18H32ClNO/c1-18(2,3)14-11-9-13(10-12-14)17(21)20-16-8-6-4-5-7-15(16)19/h13-16H,4-12H2,1-3H3,(H,20,21). The molecule has 2 saturated carbocycles. The van der Waals surface area contributed by atoms with Gasteiger partial charge in [-0.1, -0.05) is 40.0 Å². The molecule has 3 heteroatoms. The fraction of sp³-hybridized carbons (Fsp3) is 0.944. The zero-order chi connectivity index (χ0) is 15.5. The molecule has 0 heterocycles. The molecule has 122 valence electrons. The van der Waals surface area contributed by atoms with E-state index < -0.39 is 0 Å². The average Bonchev–Trinajstić information content (AvgIpc) is 2.63. The van der Waals surface area contributed by atoms with E-state index in [1.165, 1.54) is 32.1 Å². The third kappa shape index (κ3) is 4.87. The van der Waals surface area contributed by atoms with Crippen molar-refractivity contribution in [2.75, 3.05) is 0 Å². The average molecular weight is 314 g/mol. The molecule has 2 aliphatic carbocycles. The maximum absolute atomic E-state index is 12.5. The SMILES string of the molecule is CC(C)(C)C1CCC(C(=O)NC2CCCCCC2Cl)CC1. The molecule has 2 aliphatic rings. The minimum Gasteiger partial charge on any atom is -0.352 e. The van der Waals surface area contributed by atoms with Crippen molar-refractivity contribution in [3.63, 3.8) is 0 Å². The van der Waals surface area contributed by atoms with Crippen LogP contribution in [0.2, 0.25) is 0 Å². The lowest BCUT2D eigenvalue weighted by atomic mass is 9.69. The molecular formula is C18H32ClNO. The minimum atomic E-state index is 0.127. The smallest absolute Gasteiger partial charge is 0.223 e. The van der Waals surface area contributed by atoms with Crippen molar-refractivity contribution in [2.45, 2.75) is 90.0 Å². The van der Waals surface area contributed by atoms with E-state index in [-0.39, 0.29) is 23.2 Å². The van der Waals surface area contributed by atoms with Gasteiger partial charge < -0.3 is 5.32 Å². The van der Waals surface area contributed by atoms with Gasteiger partial charge in [-0.25, -0.2) is 0 Å². The van der Waals surface area contributed by atoms with Crippen LogP contribution in [0.5, 0.6) is 0 Å². The Bertz CT molecular complexity index is 342. The number of rotatable bonds is 2. The molecule has 2 fully saturated rings. The molecule has 0 bridgehead atoms. The highest BCUT2D eigenvalue weighted by Gasteiger charge is 2.33. The summed E-state index contributed by atoms with van der Waals surface area (Å²) in [6.07, 6.45) is 10.2. The lowest BCUT2D eigenvalue weighted by molar-refractivity contribution is -0.127. The van der Waals surface area contributed by atoms with E-state index >= 15 is 0 Å². The molecule has 21 heavy (non-hydrogen) atoms. The van der Waals surface area contributed by atoms with Gasteiger partial charge in [-0.2, -0.15) is 0 Å². The predicted molar refractivity (Wildman–Crippen MR) is 89.6 cm³/mol. The molecule has 1 amide bonds. The zero-order valence-electron chi connectivity index (χ0n) is 14.0. The lowest BCUT2D eigenvalue weighted by Crippen LogP contribution is -2.44. The molecule has 2 nitrogen and oxygen atoms in total. The monoisotopic (exact) mass is 313 g/mol. The Balaban J connectivity index is 1.81. The number of carbonyl (C=O) groups is 1. The van der Waals surface area contributed by atoms with Crippen LogP contribution in [0.15, 0.2) is 0 Å². The summed E-state index contributed by atoms with van der Waals surface area (Å²) < 4.78 is 0. The van der Waals surface area contributed by atoms with Crippen LogP contribution < -0.4 is 5.32 Å². The van der Waals surface area contributed by atoms with Crippen molar-refractivity contribution in [1.29, 1.82) is 0 Å². The first-order valence-corrected chi connectivity index (χ1v) is 9.26. The van der Waals surface area contributed by atoms with Gasteiger partial charge >= 0.3 is 0 Å². The summed E-state index contributed by atoms with van der Waals surface area (Å²) in [5, 5.41) is 3.39. The molecule has 0 aromatic heterocycles. The molecule has 0 aromatic carbocycles. The fourth-order valence-corrected chi connectivity index (χ4v) is 4.29. The van der Waals surface area contributed by atoms with Crippen LogP contribution in [0.25, 0.3) is 0 Å². The molecule has 1 N–H and O–H groups in total. The molecular weight excluding hydrogens is 282 g/mol. The van der Waals surface area contributed by atoms with E-state index in [4.69, 9.17) is 11.6 Å². The van der Waals surface area contributed by atoms with Crippen LogP contribution >= 0.6 is 11.6 Å². The molecule has 0 radical (unpaired) electrons. The van der Waals surface area contributed by atoms with Gasteiger partial charge in [0.15, 0.2) is 0 Å². The van der Waals surface area contributed by atoms with Gasteiger partial charge in [0, 0.05) is 12.0 Å². The topological polar surface area (TPSA) is 29.1 Å². The first-order chi connectivity index (χ1) is 9.88. The number of alkyl halides is 1. The number of nitrogens with one attached hydrogen (secondary N) is 1.